The van der Waals surface area contributed by atoms with Crippen LogP contribution in [0.15, 0.2) is 47.7 Å². The lowest BCUT2D eigenvalue weighted by molar-refractivity contribution is -0.140. The van der Waals surface area contributed by atoms with E-state index in [1.165, 1.54) is 24.5 Å². The number of hydrogen-bond donors (Lipinski definition) is 2. The van der Waals surface area contributed by atoms with Gasteiger partial charge >= 0.3 is 0 Å². The number of anilines is 1. The number of nitrogens with zero attached hydrogens (tertiary/aromatic N) is 5. The molecule has 198 valence electrons. The van der Waals surface area contributed by atoms with Gasteiger partial charge in [0, 0.05) is 24.6 Å². The monoisotopic (exact) mass is 512 g/mol. The van der Waals surface area contributed by atoms with E-state index in [2.05, 4.69) is 48.5 Å². The molecule has 0 saturated carbocycles. The summed E-state index contributed by atoms with van der Waals surface area (Å²) < 4.78 is 1.57. The molecule has 8 nitrogen and oxygen atoms in total. The highest BCUT2D eigenvalue weighted by atomic mass is 16.3. The topological polar surface area (TPSA) is 121 Å². The van der Waals surface area contributed by atoms with Crippen LogP contribution in [0.25, 0.3) is 11.2 Å². The first-order valence-electron chi connectivity index (χ1n) is 13.7. The molecule has 5 rings (SSSR count). The molecule has 0 aromatic carbocycles. The van der Waals surface area contributed by atoms with Crippen molar-refractivity contribution < 1.29 is 9.90 Å². The fraction of sp³-hybridized carbons (Fsp3) is 0.467. The molecule has 1 aliphatic heterocycles. The molecule has 0 spiro atoms. The molecule has 2 unspecified atom stereocenters. The Morgan fingerprint density at radius 2 is 2.03 bits per heavy atom. The van der Waals surface area contributed by atoms with Crippen molar-refractivity contribution in [3.05, 3.63) is 64.5 Å². The van der Waals surface area contributed by atoms with Crippen molar-refractivity contribution in [2.75, 3.05) is 18.8 Å². The Hall–Kier alpha value is -3.70. The zero-order chi connectivity index (χ0) is 26.8. The number of likely N-dealkylation sites (tertiary alicyclic amines) is 1. The Morgan fingerprint density at radius 1 is 1.24 bits per heavy atom. The molecule has 1 saturated heterocycles. The fourth-order valence-corrected chi connectivity index (χ4v) is 6.05. The van der Waals surface area contributed by atoms with Crippen LogP contribution in [0.2, 0.25) is 0 Å². The molecule has 2 aromatic rings. The second-order valence-electron chi connectivity index (χ2n) is 10.5. The predicted octanol–water partition coefficient (Wildman–Crippen LogP) is 4.68. The van der Waals surface area contributed by atoms with Crippen LogP contribution in [0.3, 0.4) is 0 Å². The number of aliphatic hydroxyl groups excluding tert-OH is 1. The SMILES string of the molecule is CCC1=C(C2CC=CCC2)C=CC(c2cnn3c(N)c(C#N)c(C4CCN(C(=O)C(C)O)CC4)nc23)=CC1. The van der Waals surface area contributed by atoms with Gasteiger partial charge in [-0.25, -0.2) is 4.98 Å². The molecule has 1 fully saturated rings. The zero-order valence-electron chi connectivity index (χ0n) is 22.2. The lowest BCUT2D eigenvalue weighted by Crippen LogP contribution is -2.42. The number of allylic oxidation sites excluding steroid dienone is 8. The first kappa shape index (κ1) is 25.9. The quantitative estimate of drug-likeness (QED) is 0.562. The van der Waals surface area contributed by atoms with E-state index in [0.717, 1.165) is 36.8 Å². The highest BCUT2D eigenvalue weighted by molar-refractivity contribution is 5.84. The Labute approximate surface area is 223 Å². The van der Waals surface area contributed by atoms with Gasteiger partial charge < -0.3 is 15.7 Å². The maximum atomic E-state index is 12.2. The average molecular weight is 513 g/mol. The molecule has 2 aliphatic carbocycles. The third-order valence-electron chi connectivity index (χ3n) is 8.24. The van der Waals surface area contributed by atoms with Gasteiger partial charge in [0.25, 0.3) is 5.91 Å². The molecule has 3 N–H and O–H groups in total. The van der Waals surface area contributed by atoms with Gasteiger partial charge in [0.05, 0.1) is 11.9 Å². The van der Waals surface area contributed by atoms with E-state index in [9.17, 15) is 15.2 Å². The summed E-state index contributed by atoms with van der Waals surface area (Å²) in [6, 6.07) is 2.25. The third kappa shape index (κ3) is 4.79. The van der Waals surface area contributed by atoms with Gasteiger partial charge in [0.2, 0.25) is 0 Å². The minimum absolute atomic E-state index is 0.00396. The smallest absolute Gasteiger partial charge is 0.251 e. The van der Waals surface area contributed by atoms with Gasteiger partial charge in [-0.1, -0.05) is 42.9 Å². The molecule has 8 heteroatoms. The number of piperidine rings is 1. The Morgan fingerprint density at radius 3 is 2.68 bits per heavy atom. The summed E-state index contributed by atoms with van der Waals surface area (Å²) in [5.41, 5.74) is 13.0. The van der Waals surface area contributed by atoms with Crippen molar-refractivity contribution in [2.24, 2.45) is 5.92 Å². The minimum Gasteiger partial charge on any atom is -0.384 e. The van der Waals surface area contributed by atoms with Crippen molar-refractivity contribution >= 4 is 22.9 Å². The number of aliphatic hydroxyl groups is 1. The number of amides is 1. The number of carbonyl (C=O) groups is 1. The summed E-state index contributed by atoms with van der Waals surface area (Å²) in [7, 11) is 0. The summed E-state index contributed by atoms with van der Waals surface area (Å²) in [4.78, 5) is 18.9. The number of aromatic nitrogens is 3. The lowest BCUT2D eigenvalue weighted by atomic mass is 9.83. The van der Waals surface area contributed by atoms with Crippen molar-refractivity contribution in [3.63, 3.8) is 0 Å². The van der Waals surface area contributed by atoms with E-state index in [0.29, 0.717) is 54.6 Å². The molecule has 0 radical (unpaired) electrons. The van der Waals surface area contributed by atoms with E-state index in [4.69, 9.17) is 10.7 Å². The standard InChI is InChI=1S/C30H36N6O2/c1-3-20-9-10-22(11-12-24(20)21-7-5-4-6-8-21)26-18-33-36-28(32)25(17-31)27(34-29(26)36)23-13-15-35(16-14-23)30(38)19(2)37/h4-5,10-12,18-19,21,23,37H,3,6-9,13-16,32H2,1-2H3. The Bertz CT molecular complexity index is 1400. The molecular weight excluding hydrogens is 476 g/mol. The van der Waals surface area contributed by atoms with Gasteiger partial charge in [-0.15, -0.1) is 0 Å². The molecule has 38 heavy (non-hydrogen) atoms. The molecular formula is C30H36N6O2. The second-order valence-corrected chi connectivity index (χ2v) is 10.5. The van der Waals surface area contributed by atoms with Crippen LogP contribution in [0, 0.1) is 17.2 Å². The van der Waals surface area contributed by atoms with Crippen LogP contribution in [0.5, 0.6) is 0 Å². The molecule has 1 amide bonds. The van der Waals surface area contributed by atoms with Gasteiger partial charge in [0.1, 0.15) is 23.6 Å². The maximum absolute atomic E-state index is 12.2. The maximum Gasteiger partial charge on any atom is 0.251 e. The number of rotatable bonds is 5. The molecule has 2 atom stereocenters. The number of fused-ring (bicyclic) bond motifs is 1. The summed E-state index contributed by atoms with van der Waals surface area (Å²) in [5.74, 6) is 0.589. The summed E-state index contributed by atoms with van der Waals surface area (Å²) in [6.45, 7) is 4.74. The lowest BCUT2D eigenvalue weighted by Gasteiger charge is -2.32. The van der Waals surface area contributed by atoms with Gasteiger partial charge in [0.15, 0.2) is 5.65 Å². The van der Waals surface area contributed by atoms with Crippen LogP contribution >= 0.6 is 0 Å². The minimum atomic E-state index is -1.01. The highest BCUT2D eigenvalue weighted by Gasteiger charge is 2.30. The van der Waals surface area contributed by atoms with Crippen LogP contribution in [0.1, 0.15) is 81.5 Å². The average Bonchev–Trinajstić information content (AvgIpc) is 3.25. The van der Waals surface area contributed by atoms with Crippen molar-refractivity contribution in [1.82, 2.24) is 19.5 Å². The van der Waals surface area contributed by atoms with Gasteiger partial charge in [-0.3, -0.25) is 4.79 Å². The van der Waals surface area contributed by atoms with E-state index in [1.54, 1.807) is 15.6 Å². The molecule has 0 bridgehead atoms. The van der Waals surface area contributed by atoms with E-state index in [1.807, 2.05) is 0 Å². The largest absolute Gasteiger partial charge is 0.384 e. The number of carbonyl (C=O) groups excluding carboxylic acids is 1. The fourth-order valence-electron chi connectivity index (χ4n) is 6.05. The van der Waals surface area contributed by atoms with Crippen molar-refractivity contribution in [3.8, 4) is 6.07 Å². The van der Waals surface area contributed by atoms with Gasteiger partial charge in [-0.05, 0) is 68.9 Å². The van der Waals surface area contributed by atoms with Gasteiger partial charge in [-0.2, -0.15) is 14.9 Å². The Kier molecular flexibility index (Phi) is 7.48. The summed E-state index contributed by atoms with van der Waals surface area (Å²) in [6.07, 6.45) is 18.7. The van der Waals surface area contributed by atoms with Crippen LogP contribution in [-0.4, -0.2) is 49.7 Å². The predicted molar refractivity (Wildman–Crippen MR) is 148 cm³/mol. The normalized spacial score (nSPS) is 21.4. The van der Waals surface area contributed by atoms with Crippen LogP contribution in [0.4, 0.5) is 5.82 Å². The first-order valence-corrected chi connectivity index (χ1v) is 13.7. The molecule has 3 aliphatic rings. The van der Waals surface area contributed by atoms with Crippen LogP contribution in [-0.2, 0) is 4.79 Å². The van der Waals surface area contributed by atoms with E-state index in [-0.39, 0.29) is 11.8 Å². The number of nitriles is 1. The third-order valence-corrected chi connectivity index (χ3v) is 8.24. The van der Waals surface area contributed by atoms with E-state index >= 15 is 0 Å². The Balaban J connectivity index is 1.48. The first-order chi connectivity index (χ1) is 18.4. The number of nitrogen functional groups attached to an aromatic ring is 1. The molecule has 2 aromatic heterocycles. The molecule has 3 heterocycles. The number of nitrogens with two attached hydrogens (primary N) is 1. The van der Waals surface area contributed by atoms with Crippen molar-refractivity contribution in [1.29, 1.82) is 5.26 Å². The number of hydrogen-bond acceptors (Lipinski definition) is 6. The summed E-state index contributed by atoms with van der Waals surface area (Å²) in [5, 5.41) is 24.2. The van der Waals surface area contributed by atoms with Crippen molar-refractivity contribution in [2.45, 2.75) is 70.8 Å². The second kappa shape index (κ2) is 11.0. The summed E-state index contributed by atoms with van der Waals surface area (Å²) >= 11 is 0. The zero-order valence-corrected chi connectivity index (χ0v) is 22.2. The highest BCUT2D eigenvalue weighted by Crippen LogP contribution is 2.37. The van der Waals surface area contributed by atoms with Crippen LogP contribution < -0.4 is 5.73 Å². The van der Waals surface area contributed by atoms with E-state index < -0.39 is 6.10 Å².